The molecule has 1 aromatic heterocycles. The highest BCUT2D eigenvalue weighted by Gasteiger charge is 2.09. The van der Waals surface area contributed by atoms with Crippen molar-refractivity contribution in [1.29, 1.82) is 0 Å². The molecule has 1 aromatic carbocycles. The lowest BCUT2D eigenvalue weighted by Crippen LogP contribution is -2.09. The van der Waals surface area contributed by atoms with Crippen LogP contribution in [0.1, 0.15) is 10.6 Å². The maximum absolute atomic E-state index is 6.20. The SMILES string of the molecule is CNCCc1nnc(-c2ccc(C)cc2Cl)s1. The number of nitrogens with zero attached hydrogens (tertiary/aromatic N) is 2. The topological polar surface area (TPSA) is 37.8 Å². The highest BCUT2D eigenvalue weighted by atomic mass is 35.5. The van der Waals surface area contributed by atoms with Gasteiger partial charge in [-0.1, -0.05) is 35.1 Å². The average molecular weight is 268 g/mol. The van der Waals surface area contributed by atoms with Gasteiger partial charge in [0.1, 0.15) is 10.0 Å². The van der Waals surface area contributed by atoms with Crippen LogP contribution in [0.4, 0.5) is 0 Å². The molecule has 90 valence electrons. The second-order valence-corrected chi connectivity index (χ2v) is 5.31. The zero-order valence-electron chi connectivity index (χ0n) is 9.83. The molecule has 3 nitrogen and oxygen atoms in total. The van der Waals surface area contributed by atoms with Crippen LogP contribution in [0.3, 0.4) is 0 Å². The molecule has 0 radical (unpaired) electrons. The fourth-order valence-electron chi connectivity index (χ4n) is 1.49. The maximum atomic E-state index is 6.20. The molecule has 0 aliphatic carbocycles. The van der Waals surface area contributed by atoms with Crippen molar-refractivity contribution in [1.82, 2.24) is 15.5 Å². The molecule has 1 N–H and O–H groups in total. The minimum absolute atomic E-state index is 0.737. The van der Waals surface area contributed by atoms with Crippen LogP contribution < -0.4 is 5.32 Å². The molecule has 0 saturated heterocycles. The maximum Gasteiger partial charge on any atom is 0.149 e. The second kappa shape index (κ2) is 5.58. The number of nitrogens with one attached hydrogen (secondary N) is 1. The van der Waals surface area contributed by atoms with Crippen molar-refractivity contribution in [2.45, 2.75) is 13.3 Å². The third kappa shape index (κ3) is 3.03. The van der Waals surface area contributed by atoms with Crippen molar-refractivity contribution >= 4 is 22.9 Å². The van der Waals surface area contributed by atoms with E-state index in [2.05, 4.69) is 15.5 Å². The van der Waals surface area contributed by atoms with Gasteiger partial charge in [0.05, 0.1) is 5.02 Å². The van der Waals surface area contributed by atoms with Crippen molar-refractivity contribution in [3.8, 4) is 10.6 Å². The minimum Gasteiger partial charge on any atom is -0.319 e. The van der Waals surface area contributed by atoms with E-state index in [0.29, 0.717) is 0 Å². The third-order valence-corrected chi connectivity index (χ3v) is 3.74. The molecule has 5 heteroatoms. The van der Waals surface area contributed by atoms with E-state index in [9.17, 15) is 0 Å². The van der Waals surface area contributed by atoms with Crippen LogP contribution in [0.5, 0.6) is 0 Å². The van der Waals surface area contributed by atoms with E-state index >= 15 is 0 Å². The number of benzene rings is 1. The van der Waals surface area contributed by atoms with Crippen molar-refractivity contribution in [3.05, 3.63) is 33.8 Å². The summed E-state index contributed by atoms with van der Waals surface area (Å²) in [6, 6.07) is 5.99. The van der Waals surface area contributed by atoms with Crippen LogP contribution in [-0.4, -0.2) is 23.8 Å². The molecule has 17 heavy (non-hydrogen) atoms. The summed E-state index contributed by atoms with van der Waals surface area (Å²) < 4.78 is 0. The summed E-state index contributed by atoms with van der Waals surface area (Å²) in [5.74, 6) is 0. The van der Waals surface area contributed by atoms with Gasteiger partial charge >= 0.3 is 0 Å². The van der Waals surface area contributed by atoms with E-state index in [-0.39, 0.29) is 0 Å². The zero-order chi connectivity index (χ0) is 12.3. The molecular formula is C12H14ClN3S. The van der Waals surface area contributed by atoms with Gasteiger partial charge in [-0.2, -0.15) is 0 Å². The number of likely N-dealkylation sites (N-methyl/N-ethyl adjacent to an activating group) is 1. The molecule has 0 aliphatic heterocycles. The number of hydrogen-bond donors (Lipinski definition) is 1. The molecule has 2 rings (SSSR count). The predicted octanol–water partition coefficient (Wildman–Crippen LogP) is 2.93. The number of rotatable bonds is 4. The van der Waals surface area contributed by atoms with Crippen LogP contribution in [0.15, 0.2) is 18.2 Å². The summed E-state index contributed by atoms with van der Waals surface area (Å²) in [6.45, 7) is 2.93. The van der Waals surface area contributed by atoms with Gasteiger partial charge in [0.25, 0.3) is 0 Å². The van der Waals surface area contributed by atoms with E-state index in [1.54, 1.807) is 11.3 Å². The first-order valence-electron chi connectivity index (χ1n) is 5.44. The number of halogens is 1. The number of aryl methyl sites for hydroxylation is 1. The monoisotopic (exact) mass is 267 g/mol. The lowest BCUT2D eigenvalue weighted by molar-refractivity contribution is 0.779. The second-order valence-electron chi connectivity index (χ2n) is 3.84. The van der Waals surface area contributed by atoms with Crippen LogP contribution in [0.2, 0.25) is 5.02 Å². The van der Waals surface area contributed by atoms with Crippen molar-refractivity contribution < 1.29 is 0 Å². The first kappa shape index (κ1) is 12.5. The summed E-state index contributed by atoms with van der Waals surface area (Å²) in [4.78, 5) is 0. The van der Waals surface area contributed by atoms with Gasteiger partial charge in [0, 0.05) is 18.5 Å². The molecule has 0 spiro atoms. The van der Waals surface area contributed by atoms with E-state index in [4.69, 9.17) is 11.6 Å². The van der Waals surface area contributed by atoms with Gasteiger partial charge in [-0.15, -0.1) is 10.2 Å². The molecule has 0 saturated carbocycles. The molecule has 0 aliphatic rings. The van der Waals surface area contributed by atoms with Crippen LogP contribution in [0.25, 0.3) is 10.6 Å². The molecule has 0 unspecified atom stereocenters. The normalized spacial score (nSPS) is 10.8. The van der Waals surface area contributed by atoms with E-state index in [0.717, 1.165) is 39.1 Å². The molecular weight excluding hydrogens is 254 g/mol. The van der Waals surface area contributed by atoms with Gasteiger partial charge in [-0.3, -0.25) is 0 Å². The molecule has 1 heterocycles. The van der Waals surface area contributed by atoms with Crippen molar-refractivity contribution in [2.75, 3.05) is 13.6 Å². The standard InChI is InChI=1S/C12H14ClN3S/c1-8-3-4-9(10(13)7-8)12-16-15-11(17-12)5-6-14-2/h3-4,7,14H,5-6H2,1-2H3. The van der Waals surface area contributed by atoms with Crippen LogP contribution >= 0.6 is 22.9 Å². The van der Waals surface area contributed by atoms with Gasteiger partial charge < -0.3 is 5.32 Å². The van der Waals surface area contributed by atoms with Gasteiger partial charge in [-0.25, -0.2) is 0 Å². The summed E-state index contributed by atoms with van der Waals surface area (Å²) in [6.07, 6.45) is 0.900. The summed E-state index contributed by atoms with van der Waals surface area (Å²) >= 11 is 7.80. The minimum atomic E-state index is 0.737. The van der Waals surface area contributed by atoms with E-state index in [1.165, 1.54) is 0 Å². The molecule has 0 fully saturated rings. The highest BCUT2D eigenvalue weighted by molar-refractivity contribution is 7.14. The van der Waals surface area contributed by atoms with Crippen molar-refractivity contribution in [2.24, 2.45) is 0 Å². The summed E-state index contributed by atoms with van der Waals surface area (Å²) in [7, 11) is 1.93. The smallest absolute Gasteiger partial charge is 0.149 e. The largest absolute Gasteiger partial charge is 0.319 e. The molecule has 0 bridgehead atoms. The molecule has 0 atom stereocenters. The first-order valence-corrected chi connectivity index (χ1v) is 6.63. The third-order valence-electron chi connectivity index (χ3n) is 2.41. The Bertz CT molecular complexity index is 510. The van der Waals surface area contributed by atoms with Gasteiger partial charge in [-0.05, 0) is 25.6 Å². The first-order chi connectivity index (χ1) is 8.20. The Morgan fingerprint density at radius 2 is 2.18 bits per heavy atom. The molecule has 0 amide bonds. The number of aromatic nitrogens is 2. The average Bonchev–Trinajstić information content (AvgIpc) is 2.75. The number of hydrogen-bond acceptors (Lipinski definition) is 4. The Morgan fingerprint density at radius 1 is 1.35 bits per heavy atom. The summed E-state index contributed by atoms with van der Waals surface area (Å²) in [5.41, 5.74) is 2.11. The Balaban J connectivity index is 2.24. The summed E-state index contributed by atoms with van der Waals surface area (Å²) in [5, 5.41) is 14.1. The Hall–Kier alpha value is -0.970. The Labute approximate surface area is 110 Å². The fraction of sp³-hybridized carbons (Fsp3) is 0.333. The zero-order valence-corrected chi connectivity index (χ0v) is 11.4. The van der Waals surface area contributed by atoms with E-state index < -0.39 is 0 Å². The van der Waals surface area contributed by atoms with E-state index in [1.807, 2.05) is 32.2 Å². The van der Waals surface area contributed by atoms with Crippen molar-refractivity contribution in [3.63, 3.8) is 0 Å². The van der Waals surface area contributed by atoms with Gasteiger partial charge in [0.15, 0.2) is 0 Å². The lowest BCUT2D eigenvalue weighted by atomic mass is 10.2. The fourth-order valence-corrected chi connectivity index (χ4v) is 2.75. The van der Waals surface area contributed by atoms with Gasteiger partial charge in [0.2, 0.25) is 0 Å². The predicted molar refractivity (Wildman–Crippen MR) is 72.7 cm³/mol. The Morgan fingerprint density at radius 3 is 2.88 bits per heavy atom. The highest BCUT2D eigenvalue weighted by Crippen LogP contribution is 2.30. The Kier molecular flexibility index (Phi) is 4.10. The lowest BCUT2D eigenvalue weighted by Gasteiger charge is -2.00. The quantitative estimate of drug-likeness (QED) is 0.926. The van der Waals surface area contributed by atoms with Crippen LogP contribution in [0, 0.1) is 6.92 Å². The molecule has 2 aromatic rings. The van der Waals surface area contributed by atoms with Crippen LogP contribution in [-0.2, 0) is 6.42 Å².